The van der Waals surface area contributed by atoms with E-state index in [2.05, 4.69) is 27.8 Å². The van der Waals surface area contributed by atoms with Gasteiger partial charge < -0.3 is 10.6 Å². The number of halogens is 4. The number of rotatable bonds is 8. The van der Waals surface area contributed by atoms with Gasteiger partial charge in [0.1, 0.15) is 0 Å². The predicted molar refractivity (Wildman–Crippen MR) is 115 cm³/mol. The Morgan fingerprint density at radius 2 is 1.96 bits per heavy atom. The summed E-state index contributed by atoms with van der Waals surface area (Å²) < 4.78 is 37.4. The number of nitrogens with zero attached hydrogens (tertiary/aromatic N) is 2. The van der Waals surface area contributed by atoms with E-state index in [0.717, 1.165) is 38.3 Å². The van der Waals surface area contributed by atoms with Crippen molar-refractivity contribution in [2.45, 2.75) is 32.4 Å². The van der Waals surface area contributed by atoms with E-state index in [1.165, 1.54) is 10.5 Å². The van der Waals surface area contributed by atoms with Crippen molar-refractivity contribution in [1.82, 2.24) is 15.5 Å². The summed E-state index contributed by atoms with van der Waals surface area (Å²) >= 11 is 0. The maximum Gasteiger partial charge on any atom is 0.401 e. The fourth-order valence-electron chi connectivity index (χ4n) is 3.17. The van der Waals surface area contributed by atoms with Crippen molar-refractivity contribution in [3.8, 4) is 0 Å². The Morgan fingerprint density at radius 3 is 2.63 bits per heavy atom. The number of alkyl halides is 3. The first-order chi connectivity index (χ1) is 12.5. The van der Waals surface area contributed by atoms with Crippen molar-refractivity contribution in [2.24, 2.45) is 10.9 Å². The zero-order valence-electron chi connectivity index (χ0n) is 15.8. The molecule has 8 heteroatoms. The summed E-state index contributed by atoms with van der Waals surface area (Å²) in [5.41, 5.74) is 1.31. The summed E-state index contributed by atoms with van der Waals surface area (Å²) in [6, 6.07) is 10.3. The first-order valence-electron chi connectivity index (χ1n) is 9.31. The number of hydrogen-bond donors (Lipinski definition) is 2. The van der Waals surface area contributed by atoms with Crippen LogP contribution in [0.4, 0.5) is 13.2 Å². The molecule has 0 radical (unpaired) electrons. The standard InChI is InChI=1S/C19H29F3N4.HI/c1-2-23-18(24-11-6-9-16-7-4-3-5-8-16)25-13-17-10-12-26(14-17)15-19(20,21)22;/h3-5,7-8,17H,2,6,9-15H2,1H3,(H2,23,24,25);1H. The van der Waals surface area contributed by atoms with Gasteiger partial charge in [0.05, 0.1) is 6.54 Å². The number of likely N-dealkylation sites (tertiary alicyclic amines) is 1. The van der Waals surface area contributed by atoms with Gasteiger partial charge in [0, 0.05) is 26.2 Å². The lowest BCUT2D eigenvalue weighted by Gasteiger charge is -2.17. The predicted octanol–water partition coefficient (Wildman–Crippen LogP) is 3.68. The summed E-state index contributed by atoms with van der Waals surface area (Å²) in [5.74, 6) is 0.937. The largest absolute Gasteiger partial charge is 0.401 e. The molecule has 0 bridgehead atoms. The van der Waals surface area contributed by atoms with E-state index in [4.69, 9.17) is 0 Å². The van der Waals surface area contributed by atoms with E-state index < -0.39 is 12.7 Å². The van der Waals surface area contributed by atoms with Crippen LogP contribution >= 0.6 is 24.0 Å². The van der Waals surface area contributed by atoms with Gasteiger partial charge in [0.15, 0.2) is 5.96 Å². The highest BCUT2D eigenvalue weighted by atomic mass is 127. The van der Waals surface area contributed by atoms with Crippen molar-refractivity contribution in [2.75, 3.05) is 39.3 Å². The van der Waals surface area contributed by atoms with Crippen LogP contribution in [0.1, 0.15) is 25.3 Å². The molecule has 0 saturated carbocycles. The quantitative estimate of drug-likeness (QED) is 0.249. The Kier molecular flexibility index (Phi) is 11.1. The summed E-state index contributed by atoms with van der Waals surface area (Å²) in [6.07, 6.45) is -1.35. The van der Waals surface area contributed by atoms with E-state index in [1.807, 2.05) is 25.1 Å². The second-order valence-corrected chi connectivity index (χ2v) is 6.74. The first kappa shape index (κ1) is 24.0. The van der Waals surface area contributed by atoms with Crippen molar-refractivity contribution < 1.29 is 13.2 Å². The maximum atomic E-state index is 12.5. The highest BCUT2D eigenvalue weighted by molar-refractivity contribution is 14.0. The third-order valence-corrected chi connectivity index (χ3v) is 4.40. The van der Waals surface area contributed by atoms with Gasteiger partial charge in [-0.2, -0.15) is 13.2 Å². The maximum absolute atomic E-state index is 12.5. The summed E-state index contributed by atoms with van der Waals surface area (Å²) in [5, 5.41) is 6.51. The SMILES string of the molecule is CCNC(=NCC1CCN(CC(F)(F)F)C1)NCCCc1ccccc1.I. The van der Waals surface area contributed by atoms with E-state index in [0.29, 0.717) is 19.6 Å². The number of aliphatic imine (C=N–C) groups is 1. The molecule has 0 aliphatic carbocycles. The monoisotopic (exact) mass is 498 g/mol. The second kappa shape index (κ2) is 12.4. The highest BCUT2D eigenvalue weighted by Gasteiger charge is 2.34. The van der Waals surface area contributed by atoms with Gasteiger partial charge in [-0.3, -0.25) is 9.89 Å². The molecule has 1 atom stereocenters. The minimum absolute atomic E-state index is 0. The molecule has 2 N–H and O–H groups in total. The topological polar surface area (TPSA) is 39.7 Å². The third-order valence-electron chi connectivity index (χ3n) is 4.40. The van der Waals surface area contributed by atoms with Crippen LogP contribution in [0.5, 0.6) is 0 Å². The molecule has 154 valence electrons. The van der Waals surface area contributed by atoms with Crippen LogP contribution in [-0.4, -0.2) is 56.3 Å². The summed E-state index contributed by atoms with van der Waals surface area (Å²) in [6.45, 7) is 4.29. The third kappa shape index (κ3) is 10.2. The molecule has 1 fully saturated rings. The van der Waals surface area contributed by atoms with Crippen LogP contribution in [0.15, 0.2) is 35.3 Å². The van der Waals surface area contributed by atoms with E-state index in [-0.39, 0.29) is 29.9 Å². The van der Waals surface area contributed by atoms with Gasteiger partial charge in [0.2, 0.25) is 0 Å². The van der Waals surface area contributed by atoms with Crippen LogP contribution < -0.4 is 10.6 Å². The molecule has 0 amide bonds. The Hall–Kier alpha value is -1.03. The Labute approximate surface area is 177 Å². The number of guanidine groups is 1. The fourth-order valence-corrected chi connectivity index (χ4v) is 3.17. The zero-order valence-corrected chi connectivity index (χ0v) is 18.1. The second-order valence-electron chi connectivity index (χ2n) is 6.74. The molecule has 1 aliphatic rings. The minimum Gasteiger partial charge on any atom is -0.357 e. The van der Waals surface area contributed by atoms with Crippen molar-refractivity contribution in [1.29, 1.82) is 0 Å². The minimum atomic E-state index is -4.12. The van der Waals surface area contributed by atoms with Crippen LogP contribution in [0.25, 0.3) is 0 Å². The van der Waals surface area contributed by atoms with Gasteiger partial charge in [-0.05, 0) is 44.2 Å². The average Bonchev–Trinajstić information content (AvgIpc) is 3.02. The molecule has 1 aliphatic heterocycles. The van der Waals surface area contributed by atoms with Gasteiger partial charge in [-0.1, -0.05) is 30.3 Å². The number of benzene rings is 1. The molecule has 4 nitrogen and oxygen atoms in total. The molecule has 1 aromatic rings. The molecule has 0 spiro atoms. The van der Waals surface area contributed by atoms with Gasteiger partial charge in [-0.25, -0.2) is 0 Å². The summed E-state index contributed by atoms with van der Waals surface area (Å²) in [7, 11) is 0. The van der Waals surface area contributed by atoms with Crippen molar-refractivity contribution in [3.05, 3.63) is 35.9 Å². The molecule has 1 heterocycles. The fraction of sp³-hybridized carbons (Fsp3) is 0.632. The summed E-state index contributed by atoms with van der Waals surface area (Å²) in [4.78, 5) is 6.03. The normalized spacial score (nSPS) is 18.2. The lowest BCUT2D eigenvalue weighted by atomic mass is 10.1. The Balaban J connectivity index is 0.00000364. The van der Waals surface area contributed by atoms with E-state index >= 15 is 0 Å². The van der Waals surface area contributed by atoms with Crippen LogP contribution in [0.3, 0.4) is 0 Å². The van der Waals surface area contributed by atoms with Crippen LogP contribution in [0, 0.1) is 5.92 Å². The lowest BCUT2D eigenvalue weighted by Crippen LogP contribution is -2.38. The number of aryl methyl sites for hydroxylation is 1. The van der Waals surface area contributed by atoms with Gasteiger partial charge >= 0.3 is 6.18 Å². The molecule has 0 aromatic heterocycles. The molecule has 1 saturated heterocycles. The van der Waals surface area contributed by atoms with Crippen molar-refractivity contribution >= 4 is 29.9 Å². The van der Waals surface area contributed by atoms with E-state index in [1.54, 1.807) is 0 Å². The molecular formula is C19H30F3IN4. The van der Waals surface area contributed by atoms with Gasteiger partial charge in [-0.15, -0.1) is 24.0 Å². The highest BCUT2D eigenvalue weighted by Crippen LogP contribution is 2.22. The lowest BCUT2D eigenvalue weighted by molar-refractivity contribution is -0.143. The molecule has 2 rings (SSSR count). The van der Waals surface area contributed by atoms with Gasteiger partial charge in [0.25, 0.3) is 0 Å². The number of hydrogen-bond acceptors (Lipinski definition) is 2. The molecular weight excluding hydrogens is 468 g/mol. The van der Waals surface area contributed by atoms with Crippen molar-refractivity contribution in [3.63, 3.8) is 0 Å². The average molecular weight is 498 g/mol. The van der Waals surface area contributed by atoms with E-state index in [9.17, 15) is 13.2 Å². The first-order valence-corrected chi connectivity index (χ1v) is 9.31. The van der Waals surface area contributed by atoms with Crippen LogP contribution in [0.2, 0.25) is 0 Å². The molecule has 1 aromatic carbocycles. The molecule has 27 heavy (non-hydrogen) atoms. The number of nitrogens with one attached hydrogen (secondary N) is 2. The Bertz CT molecular complexity index is 552. The molecule has 1 unspecified atom stereocenters. The zero-order chi connectivity index (χ0) is 18.8. The smallest absolute Gasteiger partial charge is 0.357 e. The Morgan fingerprint density at radius 1 is 1.22 bits per heavy atom. The van der Waals surface area contributed by atoms with Crippen LogP contribution in [-0.2, 0) is 6.42 Å².